The average Bonchev–Trinajstić information content (AvgIpc) is 3.61. The van der Waals surface area contributed by atoms with Gasteiger partial charge in [-0.25, -0.2) is 4.98 Å². The third-order valence-electron chi connectivity index (χ3n) is 6.36. The highest BCUT2D eigenvalue weighted by atomic mass is 35.5. The number of aromatic nitrogens is 3. The molecule has 2 fully saturated rings. The lowest BCUT2D eigenvalue weighted by atomic mass is 10.1. The Morgan fingerprint density at radius 2 is 1.88 bits per heavy atom. The molecule has 1 saturated heterocycles. The van der Waals surface area contributed by atoms with Crippen LogP contribution in [0.1, 0.15) is 40.5 Å². The monoisotopic (exact) mass is 453 g/mol. The van der Waals surface area contributed by atoms with E-state index < -0.39 is 0 Å². The molecule has 32 heavy (non-hydrogen) atoms. The summed E-state index contributed by atoms with van der Waals surface area (Å²) in [6.07, 6.45) is 2.31. The maximum atomic E-state index is 13.5. The summed E-state index contributed by atoms with van der Waals surface area (Å²) in [4.78, 5) is 22.6. The van der Waals surface area contributed by atoms with Crippen LogP contribution in [0.15, 0.2) is 30.3 Å². The van der Waals surface area contributed by atoms with Crippen molar-refractivity contribution in [2.45, 2.75) is 25.7 Å². The van der Waals surface area contributed by atoms with Crippen LogP contribution in [0.4, 0.5) is 0 Å². The number of rotatable bonds is 6. The molecule has 1 amide bonds. The number of fused-ring (bicyclic) bond motifs is 1. The van der Waals surface area contributed by atoms with Crippen LogP contribution in [-0.2, 0) is 7.05 Å². The molecule has 3 heterocycles. The number of carbonyl (C=O) groups is 1. The van der Waals surface area contributed by atoms with Crippen LogP contribution in [-0.4, -0.2) is 69.8 Å². The van der Waals surface area contributed by atoms with Crippen LogP contribution < -0.4 is 4.74 Å². The Balaban J connectivity index is 1.23. The fourth-order valence-electron chi connectivity index (χ4n) is 4.39. The van der Waals surface area contributed by atoms with Crippen molar-refractivity contribution in [1.82, 2.24) is 24.6 Å². The van der Waals surface area contributed by atoms with Crippen LogP contribution in [0.2, 0.25) is 5.02 Å². The van der Waals surface area contributed by atoms with Gasteiger partial charge in [0, 0.05) is 56.4 Å². The van der Waals surface area contributed by atoms with Gasteiger partial charge in [-0.05, 0) is 50.1 Å². The summed E-state index contributed by atoms with van der Waals surface area (Å²) in [6, 6.07) is 9.44. The van der Waals surface area contributed by atoms with Gasteiger partial charge in [0.1, 0.15) is 12.4 Å². The molecule has 0 bridgehead atoms. The molecule has 0 spiro atoms. The second kappa shape index (κ2) is 8.71. The quantitative estimate of drug-likeness (QED) is 0.570. The summed E-state index contributed by atoms with van der Waals surface area (Å²) in [6.45, 7) is 6.49. The van der Waals surface area contributed by atoms with Crippen LogP contribution in [0.25, 0.3) is 11.0 Å². The molecule has 5 rings (SSSR count). The van der Waals surface area contributed by atoms with E-state index in [-0.39, 0.29) is 5.91 Å². The number of aryl methyl sites for hydroxylation is 2. The Bertz CT molecular complexity index is 1130. The molecule has 1 aliphatic heterocycles. The zero-order chi connectivity index (χ0) is 22.2. The minimum Gasteiger partial charge on any atom is -0.492 e. The number of nitrogens with zero attached hydrogens (tertiary/aromatic N) is 5. The molecule has 2 aliphatic rings. The van der Waals surface area contributed by atoms with Crippen molar-refractivity contribution >= 4 is 28.5 Å². The van der Waals surface area contributed by atoms with Crippen molar-refractivity contribution in [2.75, 3.05) is 39.3 Å². The highest BCUT2D eigenvalue weighted by Crippen LogP contribution is 2.40. The van der Waals surface area contributed by atoms with Gasteiger partial charge in [0.25, 0.3) is 5.91 Å². The van der Waals surface area contributed by atoms with Gasteiger partial charge in [0.15, 0.2) is 5.65 Å². The van der Waals surface area contributed by atoms with E-state index in [4.69, 9.17) is 21.3 Å². The molecule has 0 radical (unpaired) electrons. The SMILES string of the molecule is Cc1nn(C)c2nc(C3CC3)cc(C(=O)N3CCN(CCOc4ccc(Cl)cc4)CC3)c12. The smallest absolute Gasteiger partial charge is 0.254 e. The van der Waals surface area contributed by atoms with E-state index in [1.165, 1.54) is 0 Å². The van der Waals surface area contributed by atoms with Gasteiger partial charge in [-0.15, -0.1) is 0 Å². The van der Waals surface area contributed by atoms with E-state index in [1.807, 2.05) is 49.2 Å². The normalized spacial score (nSPS) is 17.2. The highest BCUT2D eigenvalue weighted by Gasteiger charge is 2.30. The second-order valence-electron chi connectivity index (χ2n) is 8.71. The maximum absolute atomic E-state index is 13.5. The van der Waals surface area contributed by atoms with Crippen molar-refractivity contribution in [3.8, 4) is 5.75 Å². The van der Waals surface area contributed by atoms with Gasteiger partial charge >= 0.3 is 0 Å². The topological polar surface area (TPSA) is 63.5 Å². The number of piperazine rings is 1. The van der Waals surface area contributed by atoms with E-state index in [2.05, 4.69) is 10.00 Å². The maximum Gasteiger partial charge on any atom is 0.254 e. The Hall–Kier alpha value is -2.64. The Morgan fingerprint density at radius 3 is 2.56 bits per heavy atom. The predicted molar refractivity (Wildman–Crippen MR) is 125 cm³/mol. The van der Waals surface area contributed by atoms with Crippen molar-refractivity contribution in [1.29, 1.82) is 0 Å². The third-order valence-corrected chi connectivity index (χ3v) is 6.62. The second-order valence-corrected chi connectivity index (χ2v) is 9.15. The van der Waals surface area contributed by atoms with Gasteiger partial charge in [0.2, 0.25) is 0 Å². The number of hydrogen-bond donors (Lipinski definition) is 0. The van der Waals surface area contributed by atoms with Gasteiger partial charge in [-0.2, -0.15) is 5.10 Å². The zero-order valence-electron chi connectivity index (χ0n) is 18.6. The number of carbonyl (C=O) groups excluding carboxylic acids is 1. The molecule has 168 valence electrons. The summed E-state index contributed by atoms with van der Waals surface area (Å²) in [5.74, 6) is 1.40. The summed E-state index contributed by atoms with van der Waals surface area (Å²) in [5, 5.41) is 6.12. The standard InChI is InChI=1S/C24H28ClN5O2/c1-16-22-20(15-21(17-3-4-17)26-23(22)28(2)27-16)24(31)30-11-9-29(10-12-30)13-14-32-19-7-5-18(25)6-8-19/h5-8,15,17H,3-4,9-14H2,1-2H3. The van der Waals surface area contributed by atoms with Gasteiger partial charge in [-0.3, -0.25) is 14.4 Å². The summed E-state index contributed by atoms with van der Waals surface area (Å²) >= 11 is 5.92. The molecule has 1 aliphatic carbocycles. The minimum absolute atomic E-state index is 0.0902. The zero-order valence-corrected chi connectivity index (χ0v) is 19.3. The lowest BCUT2D eigenvalue weighted by molar-refractivity contribution is 0.0622. The summed E-state index contributed by atoms with van der Waals surface area (Å²) < 4.78 is 7.61. The minimum atomic E-state index is 0.0902. The largest absolute Gasteiger partial charge is 0.492 e. The molecule has 7 nitrogen and oxygen atoms in total. The predicted octanol–water partition coefficient (Wildman–Crippen LogP) is 3.64. The van der Waals surface area contributed by atoms with Crippen LogP contribution in [0, 0.1) is 6.92 Å². The highest BCUT2D eigenvalue weighted by molar-refractivity contribution is 6.30. The van der Waals surface area contributed by atoms with E-state index in [0.29, 0.717) is 30.6 Å². The van der Waals surface area contributed by atoms with E-state index in [9.17, 15) is 4.79 Å². The lowest BCUT2D eigenvalue weighted by Crippen LogP contribution is -2.49. The first kappa shape index (κ1) is 21.2. The van der Waals surface area contributed by atoms with Crippen LogP contribution in [0.3, 0.4) is 0 Å². The Kier molecular flexibility index (Phi) is 5.78. The molecule has 0 atom stereocenters. The number of ether oxygens (including phenoxy) is 1. The van der Waals surface area contributed by atoms with Gasteiger partial charge in [-0.1, -0.05) is 11.6 Å². The average molecular weight is 454 g/mol. The Labute approximate surface area is 192 Å². The molecule has 2 aromatic heterocycles. The molecule has 0 unspecified atom stereocenters. The van der Waals surface area contributed by atoms with E-state index in [1.54, 1.807) is 4.68 Å². The van der Waals surface area contributed by atoms with E-state index in [0.717, 1.165) is 66.2 Å². The fraction of sp³-hybridized carbons (Fsp3) is 0.458. The first-order chi connectivity index (χ1) is 15.5. The lowest BCUT2D eigenvalue weighted by Gasteiger charge is -2.34. The first-order valence-electron chi connectivity index (χ1n) is 11.2. The van der Waals surface area contributed by atoms with Crippen molar-refractivity contribution in [3.05, 3.63) is 52.3 Å². The van der Waals surface area contributed by atoms with Crippen molar-refractivity contribution in [3.63, 3.8) is 0 Å². The van der Waals surface area contributed by atoms with Gasteiger partial charge < -0.3 is 9.64 Å². The molecule has 0 N–H and O–H groups in total. The van der Waals surface area contributed by atoms with Crippen LogP contribution in [0.5, 0.6) is 5.75 Å². The number of benzene rings is 1. The molecule has 8 heteroatoms. The van der Waals surface area contributed by atoms with E-state index >= 15 is 0 Å². The van der Waals surface area contributed by atoms with Crippen molar-refractivity contribution < 1.29 is 9.53 Å². The number of amides is 1. The third kappa shape index (κ3) is 4.32. The Morgan fingerprint density at radius 1 is 1.16 bits per heavy atom. The molecular weight excluding hydrogens is 426 g/mol. The summed E-state index contributed by atoms with van der Waals surface area (Å²) in [7, 11) is 1.90. The number of pyridine rings is 1. The van der Waals surface area contributed by atoms with Gasteiger partial charge in [0.05, 0.1) is 16.6 Å². The molecule has 3 aromatic rings. The molecule has 1 saturated carbocycles. The summed E-state index contributed by atoms with van der Waals surface area (Å²) in [5.41, 5.74) is 3.45. The van der Waals surface area contributed by atoms with Crippen molar-refractivity contribution in [2.24, 2.45) is 7.05 Å². The fourth-order valence-corrected chi connectivity index (χ4v) is 4.52. The first-order valence-corrected chi connectivity index (χ1v) is 11.6. The number of halogens is 1. The molecular formula is C24H28ClN5O2. The van der Waals surface area contributed by atoms with Crippen LogP contribution >= 0.6 is 11.6 Å². The molecule has 1 aromatic carbocycles. The number of hydrogen-bond acceptors (Lipinski definition) is 5.